The van der Waals surface area contributed by atoms with Crippen molar-refractivity contribution in [2.45, 2.75) is 50.8 Å². The van der Waals surface area contributed by atoms with Gasteiger partial charge < -0.3 is 29.5 Å². The Hall–Kier alpha value is -2.15. The molecule has 1 aliphatic carbocycles. The number of alkyl halides is 1. The van der Waals surface area contributed by atoms with Crippen LogP contribution in [0.5, 0.6) is 23.0 Å². The van der Waals surface area contributed by atoms with Gasteiger partial charge in [-0.3, -0.25) is 0 Å². The Kier molecular flexibility index (Phi) is 3.58. The zero-order valence-electron chi connectivity index (χ0n) is 16.6. The molecule has 2 bridgehead atoms. The highest BCUT2D eigenvalue weighted by molar-refractivity contribution is 6.18. The van der Waals surface area contributed by atoms with Gasteiger partial charge in [-0.1, -0.05) is 13.0 Å². The maximum atomic E-state index is 12.0. The van der Waals surface area contributed by atoms with Gasteiger partial charge in [0, 0.05) is 5.56 Å². The lowest BCUT2D eigenvalue weighted by molar-refractivity contribution is -0.280. The van der Waals surface area contributed by atoms with Gasteiger partial charge >= 0.3 is 0 Å². The second-order valence-corrected chi connectivity index (χ2v) is 8.97. The lowest BCUT2D eigenvalue weighted by Crippen LogP contribution is -2.54. The first-order valence-electron chi connectivity index (χ1n) is 9.62. The number of hydrogen-bond donors (Lipinski definition) is 3. The zero-order valence-corrected chi connectivity index (χ0v) is 17.4. The van der Waals surface area contributed by atoms with Gasteiger partial charge in [-0.2, -0.15) is 0 Å². The van der Waals surface area contributed by atoms with E-state index in [9.17, 15) is 15.3 Å². The molecule has 1 spiro atoms. The largest absolute Gasteiger partial charge is 0.508 e. The third kappa shape index (κ3) is 2.04. The molecule has 3 aliphatic rings. The quantitative estimate of drug-likeness (QED) is 0.613. The fraction of sp³-hybridized carbons (Fsp3) is 0.455. The molecular formula is C22H23ClO6. The van der Waals surface area contributed by atoms with E-state index in [1.54, 1.807) is 25.1 Å². The van der Waals surface area contributed by atoms with Crippen molar-refractivity contribution in [2.75, 3.05) is 5.88 Å². The van der Waals surface area contributed by atoms with Gasteiger partial charge in [-0.05, 0) is 44.5 Å². The van der Waals surface area contributed by atoms with Gasteiger partial charge in [0.05, 0.1) is 22.9 Å². The average Bonchev–Trinajstić information content (AvgIpc) is 2.73. The molecule has 6 nitrogen and oxygen atoms in total. The standard InChI is InChI=1S/C22H23ClO6/c1-10-8-13(25)17-18-19(10)29-20(3,4)15(9-23)28-22(18)11(2)21(17,26)16-12(24)6-5-7-14(16)27-22/h5-8,11,15,24-26H,9H2,1-4H3/t11-,15-,21+,22+/m1/s1. The van der Waals surface area contributed by atoms with E-state index in [4.69, 9.17) is 25.8 Å². The summed E-state index contributed by atoms with van der Waals surface area (Å²) in [6, 6.07) is 6.34. The minimum Gasteiger partial charge on any atom is -0.508 e. The molecule has 5 rings (SSSR count). The summed E-state index contributed by atoms with van der Waals surface area (Å²) in [5.41, 5.74) is -0.942. The summed E-state index contributed by atoms with van der Waals surface area (Å²) in [6.45, 7) is 7.37. The van der Waals surface area contributed by atoms with Crippen molar-refractivity contribution in [2.24, 2.45) is 5.92 Å². The molecule has 154 valence electrons. The Balaban J connectivity index is 1.94. The van der Waals surface area contributed by atoms with Gasteiger partial charge in [0.1, 0.15) is 40.3 Å². The van der Waals surface area contributed by atoms with E-state index < -0.39 is 29.0 Å². The predicted octanol–water partition coefficient (Wildman–Crippen LogP) is 3.63. The van der Waals surface area contributed by atoms with Crippen LogP contribution in [0.2, 0.25) is 0 Å². The van der Waals surface area contributed by atoms with E-state index in [1.807, 2.05) is 20.8 Å². The Morgan fingerprint density at radius 3 is 2.48 bits per heavy atom. The van der Waals surface area contributed by atoms with Crippen molar-refractivity contribution < 1.29 is 29.5 Å². The third-order valence-electron chi connectivity index (χ3n) is 6.62. The minimum atomic E-state index is -1.73. The number of phenols is 2. The molecule has 2 aromatic carbocycles. The van der Waals surface area contributed by atoms with Gasteiger partial charge in [-0.25, -0.2) is 0 Å². The first kappa shape index (κ1) is 18.9. The van der Waals surface area contributed by atoms with E-state index >= 15 is 0 Å². The summed E-state index contributed by atoms with van der Waals surface area (Å²) in [7, 11) is 0. The van der Waals surface area contributed by atoms with Crippen LogP contribution in [-0.4, -0.2) is 32.9 Å². The topological polar surface area (TPSA) is 88.4 Å². The van der Waals surface area contributed by atoms with Crippen molar-refractivity contribution in [3.8, 4) is 23.0 Å². The Bertz CT molecular complexity index is 1050. The molecule has 2 aromatic rings. The molecule has 0 saturated carbocycles. The van der Waals surface area contributed by atoms with Crippen molar-refractivity contribution in [1.82, 2.24) is 0 Å². The minimum absolute atomic E-state index is 0.105. The molecule has 0 unspecified atom stereocenters. The molecular weight excluding hydrogens is 396 g/mol. The second kappa shape index (κ2) is 5.50. The summed E-state index contributed by atoms with van der Waals surface area (Å²) in [5, 5.41) is 33.5. The molecule has 3 N–H and O–H groups in total. The number of halogens is 1. The highest BCUT2D eigenvalue weighted by atomic mass is 35.5. The zero-order chi connectivity index (χ0) is 20.9. The van der Waals surface area contributed by atoms with Gasteiger partial charge in [0.2, 0.25) is 5.79 Å². The van der Waals surface area contributed by atoms with Gasteiger partial charge in [-0.15, -0.1) is 11.6 Å². The summed E-state index contributed by atoms with van der Waals surface area (Å²) < 4.78 is 19.3. The van der Waals surface area contributed by atoms with Crippen LogP contribution in [0.1, 0.15) is 43.0 Å². The lowest BCUT2D eigenvalue weighted by atomic mass is 9.77. The average molecular weight is 419 g/mol. The van der Waals surface area contributed by atoms with Crippen LogP contribution >= 0.6 is 11.6 Å². The van der Waals surface area contributed by atoms with E-state index in [0.717, 1.165) is 0 Å². The highest BCUT2D eigenvalue weighted by Crippen LogP contribution is 2.68. The number of aliphatic hydroxyl groups is 1. The maximum absolute atomic E-state index is 12.0. The van der Waals surface area contributed by atoms with Crippen LogP contribution in [0.25, 0.3) is 0 Å². The van der Waals surface area contributed by atoms with Crippen LogP contribution in [0.3, 0.4) is 0 Å². The number of aryl methyl sites for hydroxylation is 1. The number of aromatic hydroxyl groups is 2. The summed E-state index contributed by atoms with van der Waals surface area (Å²) in [6.07, 6.45) is -0.561. The fourth-order valence-electron chi connectivity index (χ4n) is 5.06. The Morgan fingerprint density at radius 2 is 1.79 bits per heavy atom. The van der Waals surface area contributed by atoms with Crippen molar-refractivity contribution in [3.63, 3.8) is 0 Å². The fourth-order valence-corrected chi connectivity index (χ4v) is 5.49. The molecule has 7 heteroatoms. The summed E-state index contributed by atoms with van der Waals surface area (Å²) in [5.74, 6) is -1.43. The SMILES string of the molecule is Cc1cc(O)c2c3c1OC(C)(C)[C@@H](CCl)O[C@]31Oc3cccc(O)c3[C@@]2(O)[C@H]1C. The molecule has 0 radical (unpaired) electrons. The van der Waals surface area contributed by atoms with E-state index in [-0.39, 0.29) is 34.3 Å². The lowest BCUT2D eigenvalue weighted by Gasteiger charge is -2.45. The van der Waals surface area contributed by atoms with Crippen LogP contribution in [0.15, 0.2) is 24.3 Å². The number of rotatable bonds is 1. The molecule has 0 saturated heterocycles. The molecule has 0 amide bonds. The molecule has 0 fully saturated rings. The Morgan fingerprint density at radius 1 is 1.07 bits per heavy atom. The van der Waals surface area contributed by atoms with Crippen molar-refractivity contribution in [1.29, 1.82) is 0 Å². The molecule has 4 atom stereocenters. The maximum Gasteiger partial charge on any atom is 0.248 e. The second-order valence-electron chi connectivity index (χ2n) is 8.67. The normalized spacial score (nSPS) is 33.2. The monoisotopic (exact) mass is 418 g/mol. The van der Waals surface area contributed by atoms with Crippen LogP contribution in [-0.2, 0) is 16.1 Å². The molecule has 2 heterocycles. The van der Waals surface area contributed by atoms with Gasteiger partial charge in [0.25, 0.3) is 0 Å². The highest BCUT2D eigenvalue weighted by Gasteiger charge is 2.70. The molecule has 2 aliphatic heterocycles. The van der Waals surface area contributed by atoms with Crippen LogP contribution in [0.4, 0.5) is 0 Å². The number of hydrogen-bond acceptors (Lipinski definition) is 6. The summed E-state index contributed by atoms with van der Waals surface area (Å²) in [4.78, 5) is 0. The number of ether oxygens (including phenoxy) is 3. The number of benzene rings is 2. The van der Waals surface area contributed by atoms with Crippen molar-refractivity contribution in [3.05, 3.63) is 46.5 Å². The predicted molar refractivity (Wildman–Crippen MR) is 106 cm³/mol. The smallest absolute Gasteiger partial charge is 0.248 e. The first-order chi connectivity index (χ1) is 13.6. The number of phenolic OH excluding ortho intramolecular Hbond substituents is 2. The Labute approximate surface area is 173 Å². The van der Waals surface area contributed by atoms with Gasteiger partial charge in [0.15, 0.2) is 0 Å². The van der Waals surface area contributed by atoms with Crippen LogP contribution < -0.4 is 9.47 Å². The third-order valence-corrected chi connectivity index (χ3v) is 6.90. The van der Waals surface area contributed by atoms with E-state index in [1.165, 1.54) is 6.07 Å². The van der Waals surface area contributed by atoms with E-state index in [0.29, 0.717) is 16.9 Å². The van der Waals surface area contributed by atoms with Crippen LogP contribution in [0, 0.1) is 12.8 Å². The molecule has 29 heavy (non-hydrogen) atoms. The number of fused-ring (bicyclic) bond motifs is 4. The molecule has 0 aromatic heterocycles. The first-order valence-corrected chi connectivity index (χ1v) is 10.2. The summed E-state index contributed by atoms with van der Waals surface area (Å²) >= 11 is 6.26. The van der Waals surface area contributed by atoms with E-state index in [2.05, 4.69) is 0 Å². The van der Waals surface area contributed by atoms with Crippen molar-refractivity contribution >= 4 is 11.6 Å².